The zero-order chi connectivity index (χ0) is 12.6. The summed E-state index contributed by atoms with van der Waals surface area (Å²) in [6.45, 7) is 2.92. The first-order chi connectivity index (χ1) is 7.21. The van der Waals surface area contributed by atoms with E-state index in [2.05, 4.69) is 10.2 Å². The number of nitrogen functional groups attached to an aromatic ring is 1. The minimum Gasteiger partial charge on any atom is -0.394 e. The molecule has 1 heterocycles. The van der Waals surface area contributed by atoms with Crippen LogP contribution in [-0.4, -0.2) is 47.2 Å². The van der Waals surface area contributed by atoms with Crippen LogP contribution in [0.1, 0.15) is 13.8 Å². The number of likely N-dealkylation sites (N-methyl/N-ethyl adjacent to an activating group) is 1. The van der Waals surface area contributed by atoms with Crippen LogP contribution in [0.25, 0.3) is 0 Å². The molecule has 16 heavy (non-hydrogen) atoms. The van der Waals surface area contributed by atoms with Crippen molar-refractivity contribution < 1.29 is 13.5 Å². The molecule has 0 amide bonds. The van der Waals surface area contributed by atoms with Gasteiger partial charge in [0.05, 0.1) is 12.1 Å². The average Bonchev–Trinajstić information content (AvgIpc) is 2.64. The molecule has 0 fully saturated rings. The van der Waals surface area contributed by atoms with E-state index in [1.807, 2.05) is 0 Å². The van der Waals surface area contributed by atoms with E-state index in [0.717, 1.165) is 15.6 Å². The first-order valence-electron chi connectivity index (χ1n) is 4.40. The van der Waals surface area contributed by atoms with Crippen molar-refractivity contribution in [3.05, 3.63) is 0 Å². The first-order valence-corrected chi connectivity index (χ1v) is 6.66. The number of hydrogen-bond donors (Lipinski definition) is 2. The lowest BCUT2D eigenvalue weighted by Crippen LogP contribution is -2.47. The molecule has 0 aliphatic rings. The van der Waals surface area contributed by atoms with Gasteiger partial charge >= 0.3 is 0 Å². The highest BCUT2D eigenvalue weighted by molar-refractivity contribution is 7.91. The molecule has 3 N–H and O–H groups in total. The van der Waals surface area contributed by atoms with Crippen LogP contribution in [0.2, 0.25) is 0 Å². The van der Waals surface area contributed by atoms with Crippen LogP contribution < -0.4 is 5.73 Å². The maximum absolute atomic E-state index is 12.0. The highest BCUT2D eigenvalue weighted by Gasteiger charge is 2.35. The minimum absolute atomic E-state index is 0.0915. The minimum atomic E-state index is -3.75. The van der Waals surface area contributed by atoms with Crippen molar-refractivity contribution in [2.75, 3.05) is 19.4 Å². The van der Waals surface area contributed by atoms with Gasteiger partial charge in [-0.05, 0) is 13.8 Å². The number of aliphatic hydroxyl groups is 1. The molecule has 0 atom stereocenters. The number of nitrogens with two attached hydrogens (primary N) is 1. The number of aromatic nitrogens is 2. The third-order valence-corrected chi connectivity index (χ3v) is 5.41. The topological polar surface area (TPSA) is 109 Å². The molecule has 9 heteroatoms. The lowest BCUT2D eigenvalue weighted by Gasteiger charge is -2.31. The van der Waals surface area contributed by atoms with Crippen LogP contribution in [0.5, 0.6) is 0 Å². The molecule has 0 saturated carbocycles. The quantitative estimate of drug-likeness (QED) is 0.761. The third kappa shape index (κ3) is 2.32. The van der Waals surface area contributed by atoms with Gasteiger partial charge in [-0.3, -0.25) is 0 Å². The number of nitrogens with zero attached hydrogens (tertiary/aromatic N) is 3. The van der Waals surface area contributed by atoms with Gasteiger partial charge in [0, 0.05) is 7.05 Å². The Kier molecular flexibility index (Phi) is 3.53. The van der Waals surface area contributed by atoms with Crippen molar-refractivity contribution in [3.8, 4) is 0 Å². The summed E-state index contributed by atoms with van der Waals surface area (Å²) >= 11 is 0.794. The highest BCUT2D eigenvalue weighted by Crippen LogP contribution is 2.25. The molecule has 92 valence electrons. The molecule has 0 unspecified atom stereocenters. The number of anilines is 1. The maximum atomic E-state index is 12.0. The Morgan fingerprint density at radius 2 is 2.06 bits per heavy atom. The van der Waals surface area contributed by atoms with Crippen LogP contribution in [-0.2, 0) is 10.0 Å². The van der Waals surface area contributed by atoms with Gasteiger partial charge in [-0.1, -0.05) is 11.3 Å². The van der Waals surface area contributed by atoms with E-state index < -0.39 is 15.6 Å². The van der Waals surface area contributed by atoms with E-state index in [9.17, 15) is 8.42 Å². The molecule has 0 saturated heterocycles. The Hall–Kier alpha value is -0.770. The average molecular weight is 266 g/mol. The highest BCUT2D eigenvalue weighted by atomic mass is 32.2. The zero-order valence-electron chi connectivity index (χ0n) is 9.21. The first kappa shape index (κ1) is 13.3. The van der Waals surface area contributed by atoms with E-state index in [0.29, 0.717) is 0 Å². The van der Waals surface area contributed by atoms with Crippen molar-refractivity contribution in [1.82, 2.24) is 14.5 Å². The van der Waals surface area contributed by atoms with Crippen LogP contribution >= 0.6 is 11.3 Å². The number of hydrogen-bond acceptors (Lipinski definition) is 7. The van der Waals surface area contributed by atoms with Gasteiger partial charge in [-0.15, -0.1) is 10.2 Å². The Balaban J connectivity index is 3.13. The van der Waals surface area contributed by atoms with Crippen LogP contribution in [0.3, 0.4) is 0 Å². The molecular weight excluding hydrogens is 252 g/mol. The van der Waals surface area contributed by atoms with Gasteiger partial charge in [0.25, 0.3) is 10.0 Å². The molecular formula is C7H14N4O3S2. The molecule has 0 aromatic carbocycles. The fraction of sp³-hybridized carbons (Fsp3) is 0.714. The monoisotopic (exact) mass is 266 g/mol. The fourth-order valence-electron chi connectivity index (χ4n) is 0.867. The van der Waals surface area contributed by atoms with Gasteiger partial charge in [0.1, 0.15) is 0 Å². The molecule has 0 bridgehead atoms. The Bertz CT molecular complexity index is 468. The lowest BCUT2D eigenvalue weighted by atomic mass is 10.1. The van der Waals surface area contributed by atoms with Gasteiger partial charge in [0.15, 0.2) is 0 Å². The van der Waals surface area contributed by atoms with E-state index in [4.69, 9.17) is 10.8 Å². The van der Waals surface area contributed by atoms with Crippen molar-refractivity contribution in [2.24, 2.45) is 0 Å². The summed E-state index contributed by atoms with van der Waals surface area (Å²) in [6, 6.07) is 0. The summed E-state index contributed by atoms with van der Waals surface area (Å²) in [6.07, 6.45) is 0. The summed E-state index contributed by atoms with van der Waals surface area (Å²) in [4.78, 5) is 0. The van der Waals surface area contributed by atoms with Crippen molar-refractivity contribution >= 4 is 26.5 Å². The normalized spacial score (nSPS) is 13.3. The summed E-state index contributed by atoms with van der Waals surface area (Å²) < 4.78 is 24.9. The molecule has 0 spiro atoms. The van der Waals surface area contributed by atoms with Gasteiger partial charge in [-0.2, -0.15) is 4.31 Å². The maximum Gasteiger partial charge on any atom is 0.272 e. The molecule has 1 rings (SSSR count). The Morgan fingerprint density at radius 3 is 2.44 bits per heavy atom. The second-order valence-corrected chi connectivity index (χ2v) is 7.00. The summed E-state index contributed by atoms with van der Waals surface area (Å²) in [5.74, 6) is 0. The summed E-state index contributed by atoms with van der Waals surface area (Å²) in [5, 5.41) is 16.1. The molecule has 1 aromatic rings. The third-order valence-electron chi connectivity index (χ3n) is 2.24. The Morgan fingerprint density at radius 1 is 1.50 bits per heavy atom. The standard InChI is InChI=1S/C7H14N4O3S2/c1-7(2,4-12)11(3)16(13,14)6-10-9-5(8)15-6/h12H,4H2,1-3H3,(H2,8,9). The second-order valence-electron chi connectivity index (χ2n) is 3.85. The van der Waals surface area contributed by atoms with Crippen LogP contribution in [0, 0.1) is 0 Å². The van der Waals surface area contributed by atoms with E-state index >= 15 is 0 Å². The summed E-state index contributed by atoms with van der Waals surface area (Å²) in [5.41, 5.74) is 4.43. The van der Waals surface area contributed by atoms with Crippen molar-refractivity contribution in [3.63, 3.8) is 0 Å². The smallest absolute Gasteiger partial charge is 0.272 e. The van der Waals surface area contributed by atoms with Gasteiger partial charge < -0.3 is 10.8 Å². The number of sulfonamides is 1. The van der Waals surface area contributed by atoms with Crippen molar-refractivity contribution in [1.29, 1.82) is 0 Å². The van der Waals surface area contributed by atoms with Crippen molar-refractivity contribution in [2.45, 2.75) is 23.7 Å². The largest absolute Gasteiger partial charge is 0.394 e. The SMILES string of the molecule is CN(C(C)(C)CO)S(=O)(=O)c1nnc(N)s1. The van der Waals surface area contributed by atoms with Gasteiger partial charge in [-0.25, -0.2) is 8.42 Å². The molecule has 1 aromatic heterocycles. The Labute approximate surface area is 98.0 Å². The predicted octanol–water partition coefficient (Wildman–Crippen LogP) is -0.488. The lowest BCUT2D eigenvalue weighted by molar-refractivity contribution is 0.138. The molecule has 7 nitrogen and oxygen atoms in total. The van der Waals surface area contributed by atoms with Crippen LogP contribution in [0.4, 0.5) is 5.13 Å². The van der Waals surface area contributed by atoms with E-state index in [1.165, 1.54) is 7.05 Å². The van der Waals surface area contributed by atoms with Gasteiger partial charge in [0.2, 0.25) is 9.47 Å². The predicted molar refractivity (Wildman–Crippen MR) is 60.4 cm³/mol. The second kappa shape index (κ2) is 4.24. The molecule has 0 radical (unpaired) electrons. The fourth-order valence-corrected chi connectivity index (χ4v) is 3.31. The molecule has 0 aliphatic carbocycles. The number of aliphatic hydroxyl groups excluding tert-OH is 1. The van der Waals surface area contributed by atoms with E-state index in [-0.39, 0.29) is 16.1 Å². The number of rotatable bonds is 4. The van der Waals surface area contributed by atoms with E-state index in [1.54, 1.807) is 13.8 Å². The zero-order valence-corrected chi connectivity index (χ0v) is 10.8. The molecule has 0 aliphatic heterocycles. The summed E-state index contributed by atoms with van der Waals surface area (Å²) in [7, 11) is -2.37. The van der Waals surface area contributed by atoms with Crippen LogP contribution in [0.15, 0.2) is 4.34 Å².